The Labute approximate surface area is 244 Å². The van der Waals surface area contributed by atoms with Crippen LogP contribution in [0.2, 0.25) is 0 Å². The van der Waals surface area contributed by atoms with Gasteiger partial charge in [-0.2, -0.15) is 0 Å². The van der Waals surface area contributed by atoms with Gasteiger partial charge in [0.1, 0.15) is 18.1 Å². The average molecular weight is 570 g/mol. The number of ether oxygens (including phenoxy) is 2. The number of rotatable bonds is 10. The number of Topliss-reactive ketones (excluding diaryl/α,β-unsaturated/α-hetero) is 1. The molecule has 1 atom stereocenters. The predicted octanol–water partition coefficient (Wildman–Crippen LogP) is 4.87. The summed E-state index contributed by atoms with van der Waals surface area (Å²) in [5.74, 6) is 0.166. The molecule has 0 aliphatic heterocycles. The first kappa shape index (κ1) is 28.8. The maximum Gasteiger partial charge on any atom is 0.249 e. The van der Waals surface area contributed by atoms with E-state index in [1.165, 1.54) is 23.6 Å². The summed E-state index contributed by atoms with van der Waals surface area (Å²) in [4.78, 5) is 42.0. The van der Waals surface area contributed by atoms with E-state index in [0.29, 0.717) is 39.3 Å². The summed E-state index contributed by atoms with van der Waals surface area (Å²) in [6.07, 6.45) is 5.00. The first-order chi connectivity index (χ1) is 20.4. The van der Waals surface area contributed by atoms with Gasteiger partial charge in [0.25, 0.3) is 0 Å². The maximum atomic E-state index is 14.3. The second-order valence-corrected chi connectivity index (χ2v) is 10.5. The molecule has 0 radical (unpaired) electrons. The van der Waals surface area contributed by atoms with Gasteiger partial charge >= 0.3 is 0 Å². The molecule has 1 aliphatic carbocycles. The van der Waals surface area contributed by atoms with E-state index in [9.17, 15) is 14.4 Å². The zero-order valence-electron chi connectivity index (χ0n) is 24.1. The van der Waals surface area contributed by atoms with E-state index >= 15 is 0 Å². The minimum Gasteiger partial charge on any atom is -0.493 e. The zero-order chi connectivity index (χ0) is 29.6. The van der Waals surface area contributed by atoms with Crippen molar-refractivity contribution in [3.8, 4) is 11.5 Å². The Balaban J connectivity index is 1.61. The number of methoxy groups -OCH3 is 2. The fraction of sp³-hybridized carbons (Fsp3) is 0.344. The van der Waals surface area contributed by atoms with Crippen molar-refractivity contribution in [2.24, 2.45) is 0 Å². The molecule has 1 aliphatic rings. The number of ketones is 1. The Hall–Kier alpha value is -4.73. The van der Waals surface area contributed by atoms with Crippen LogP contribution in [0.3, 0.4) is 0 Å². The monoisotopic (exact) mass is 569 g/mol. The van der Waals surface area contributed by atoms with E-state index in [2.05, 4.69) is 15.6 Å². The number of aromatic nitrogens is 3. The number of nitrogens with zero attached hydrogens (tertiary/aromatic N) is 4. The summed E-state index contributed by atoms with van der Waals surface area (Å²) >= 11 is 0. The van der Waals surface area contributed by atoms with Crippen LogP contribution in [0.4, 0.5) is 5.69 Å². The van der Waals surface area contributed by atoms with Crippen molar-refractivity contribution in [3.05, 3.63) is 77.9 Å². The molecule has 218 valence electrons. The van der Waals surface area contributed by atoms with Crippen LogP contribution in [0.5, 0.6) is 11.5 Å². The fourth-order valence-corrected chi connectivity index (χ4v) is 5.50. The second-order valence-electron chi connectivity index (χ2n) is 10.5. The van der Waals surface area contributed by atoms with Crippen molar-refractivity contribution < 1.29 is 23.9 Å². The Morgan fingerprint density at radius 3 is 2.36 bits per heavy atom. The molecular formula is C32H35N5O5. The van der Waals surface area contributed by atoms with Gasteiger partial charge in [-0.15, -0.1) is 5.10 Å². The smallest absolute Gasteiger partial charge is 0.249 e. The largest absolute Gasteiger partial charge is 0.493 e. The minimum absolute atomic E-state index is 0.0187. The van der Waals surface area contributed by atoms with Crippen molar-refractivity contribution >= 4 is 34.3 Å². The lowest BCUT2D eigenvalue weighted by atomic mass is 9.94. The van der Waals surface area contributed by atoms with E-state index < -0.39 is 6.04 Å². The van der Waals surface area contributed by atoms with E-state index in [4.69, 9.17) is 9.47 Å². The third-order valence-corrected chi connectivity index (χ3v) is 7.71. The average Bonchev–Trinajstić information content (AvgIpc) is 3.42. The molecule has 1 aromatic heterocycles. The van der Waals surface area contributed by atoms with E-state index in [-0.39, 0.29) is 30.2 Å². The van der Waals surface area contributed by atoms with Gasteiger partial charge in [-0.25, -0.2) is 4.68 Å². The Bertz CT molecular complexity index is 1580. The summed E-state index contributed by atoms with van der Waals surface area (Å²) in [6, 6.07) is 18.3. The highest BCUT2D eigenvalue weighted by atomic mass is 16.5. The van der Waals surface area contributed by atoms with Crippen LogP contribution in [0.25, 0.3) is 11.0 Å². The van der Waals surface area contributed by atoms with Gasteiger partial charge in [-0.1, -0.05) is 42.7 Å². The van der Waals surface area contributed by atoms with Crippen LogP contribution in [-0.4, -0.2) is 52.9 Å². The summed E-state index contributed by atoms with van der Waals surface area (Å²) in [7, 11) is 3.07. The molecule has 1 fully saturated rings. The molecule has 3 aromatic carbocycles. The third kappa shape index (κ3) is 6.12. The third-order valence-electron chi connectivity index (χ3n) is 7.71. The Morgan fingerprint density at radius 1 is 0.952 bits per heavy atom. The quantitative estimate of drug-likeness (QED) is 0.271. The second kappa shape index (κ2) is 12.8. The molecule has 10 nitrogen and oxygen atoms in total. The van der Waals surface area contributed by atoms with Crippen LogP contribution >= 0.6 is 0 Å². The molecule has 1 N–H and O–H groups in total. The van der Waals surface area contributed by atoms with Crippen molar-refractivity contribution in [1.29, 1.82) is 0 Å². The number of nitrogens with one attached hydrogen (secondary N) is 1. The zero-order valence-corrected chi connectivity index (χ0v) is 24.1. The first-order valence-electron chi connectivity index (χ1n) is 14.1. The summed E-state index contributed by atoms with van der Waals surface area (Å²) in [5.41, 5.74) is 2.88. The molecule has 10 heteroatoms. The van der Waals surface area contributed by atoms with Gasteiger partial charge in [-0.05, 0) is 73.9 Å². The molecule has 5 rings (SSSR count). The van der Waals surface area contributed by atoms with Crippen molar-refractivity contribution in [1.82, 2.24) is 20.3 Å². The fourth-order valence-electron chi connectivity index (χ4n) is 5.50. The SMILES string of the molecule is COc1ccc([C@H](C(=O)NC2CCCCC2)N(C(=O)Cn2nnc3ccccc32)c2ccc(C(C)=O)cc2)cc1OC. The highest BCUT2D eigenvalue weighted by Gasteiger charge is 2.35. The first-order valence-corrected chi connectivity index (χ1v) is 14.1. The van der Waals surface area contributed by atoms with E-state index in [1.807, 2.05) is 24.3 Å². The number of fused-ring (bicyclic) bond motifs is 1. The van der Waals surface area contributed by atoms with Crippen molar-refractivity contribution in [2.45, 2.75) is 57.7 Å². The number of hydrogen-bond donors (Lipinski definition) is 1. The summed E-state index contributed by atoms with van der Waals surface area (Å²) in [5, 5.41) is 11.6. The highest BCUT2D eigenvalue weighted by Crippen LogP contribution is 2.35. The topological polar surface area (TPSA) is 116 Å². The van der Waals surface area contributed by atoms with Gasteiger partial charge in [0, 0.05) is 17.3 Å². The number of carbonyl (C=O) groups is 3. The van der Waals surface area contributed by atoms with Gasteiger partial charge in [0.15, 0.2) is 17.3 Å². The Morgan fingerprint density at radius 2 is 1.67 bits per heavy atom. The van der Waals surface area contributed by atoms with Crippen LogP contribution in [0.1, 0.15) is 61.0 Å². The van der Waals surface area contributed by atoms with Crippen LogP contribution < -0.4 is 19.7 Å². The highest BCUT2D eigenvalue weighted by molar-refractivity contribution is 6.02. The van der Waals surface area contributed by atoms with Crippen molar-refractivity contribution in [2.75, 3.05) is 19.1 Å². The van der Waals surface area contributed by atoms with E-state index in [0.717, 1.165) is 32.1 Å². The number of hydrogen-bond acceptors (Lipinski definition) is 7. The number of anilines is 1. The van der Waals surface area contributed by atoms with Gasteiger partial charge in [-0.3, -0.25) is 19.3 Å². The standard InChI is InChI=1S/C32H35N5O5/c1-21(38)22-13-16-25(17-14-22)37(30(39)20-36-27-12-8-7-11-26(27)34-35-36)31(32(40)33-24-9-5-4-6-10-24)23-15-18-28(41-2)29(19-23)42-3/h7-8,11-19,24,31H,4-6,9-10,20H2,1-3H3,(H,33,40)/t31-/m1/s1. The molecule has 1 saturated carbocycles. The van der Waals surface area contributed by atoms with Crippen LogP contribution in [0, 0.1) is 0 Å². The normalized spacial score (nSPS) is 14.3. The van der Waals surface area contributed by atoms with Gasteiger partial charge in [0.05, 0.1) is 19.7 Å². The molecule has 42 heavy (non-hydrogen) atoms. The number of amides is 2. The van der Waals surface area contributed by atoms with E-state index in [1.54, 1.807) is 49.6 Å². The number of carbonyl (C=O) groups excluding carboxylic acids is 3. The lowest BCUT2D eigenvalue weighted by Gasteiger charge is -2.33. The summed E-state index contributed by atoms with van der Waals surface area (Å²) < 4.78 is 12.5. The number of benzene rings is 3. The molecule has 1 heterocycles. The van der Waals surface area contributed by atoms with Crippen LogP contribution in [-0.2, 0) is 16.1 Å². The lowest BCUT2D eigenvalue weighted by Crippen LogP contribution is -2.48. The maximum absolute atomic E-state index is 14.3. The lowest BCUT2D eigenvalue weighted by molar-refractivity contribution is -0.127. The molecule has 0 spiro atoms. The van der Waals surface area contributed by atoms with Gasteiger partial charge in [0.2, 0.25) is 11.8 Å². The molecule has 0 unspecified atom stereocenters. The molecule has 0 bridgehead atoms. The van der Waals surface area contributed by atoms with Gasteiger partial charge < -0.3 is 14.8 Å². The molecule has 0 saturated heterocycles. The summed E-state index contributed by atoms with van der Waals surface area (Å²) in [6.45, 7) is 1.33. The Kier molecular flexibility index (Phi) is 8.80. The molecular weight excluding hydrogens is 534 g/mol. The minimum atomic E-state index is -1.04. The van der Waals surface area contributed by atoms with Crippen LogP contribution in [0.15, 0.2) is 66.7 Å². The number of para-hydroxylation sites is 1. The van der Waals surface area contributed by atoms with Crippen molar-refractivity contribution in [3.63, 3.8) is 0 Å². The predicted molar refractivity (Wildman–Crippen MR) is 159 cm³/mol. The molecule has 4 aromatic rings. The molecule has 2 amide bonds.